The Balaban J connectivity index is 3.32. The maximum atomic E-state index is 8.55. The monoisotopic (exact) mass is 122 g/mol. The van der Waals surface area contributed by atoms with Crippen LogP contribution in [0, 0.1) is 24.3 Å². The van der Waals surface area contributed by atoms with Gasteiger partial charge in [0.05, 0.1) is 0 Å². The molecule has 0 atom stereocenters. The first-order valence-corrected chi connectivity index (χ1v) is 2.47. The summed E-state index contributed by atoms with van der Waals surface area (Å²) in [7, 11) is 0. The Kier molecular flexibility index (Phi) is 0.663. The van der Waals surface area contributed by atoms with Gasteiger partial charge in [-0.05, 0) is 13.0 Å². The third-order valence-corrected chi connectivity index (χ3v) is 1.11. The number of rotatable bonds is 0. The minimum Gasteiger partial charge on any atom is -0.339 e. The van der Waals surface area contributed by atoms with Crippen LogP contribution >= 0.6 is 0 Å². The van der Waals surface area contributed by atoms with Crippen molar-refractivity contribution in [2.45, 2.75) is 6.92 Å². The Morgan fingerprint density at radius 2 is 2.78 bits per heavy atom. The molecule has 0 N–H and O–H groups in total. The number of nitriles is 1. The van der Waals surface area contributed by atoms with E-state index in [9.17, 15) is 0 Å². The molecule has 0 saturated carbocycles. The summed E-state index contributed by atoms with van der Waals surface area (Å²) in [5.41, 5.74) is 0.569. The van der Waals surface area contributed by atoms with E-state index in [0.717, 1.165) is 4.57 Å². The summed E-state index contributed by atoms with van der Waals surface area (Å²) in [6.45, 7) is -0.678. The highest BCUT2D eigenvalue weighted by atomic mass is 14.9. The highest BCUT2D eigenvalue weighted by molar-refractivity contribution is 5.24. The highest BCUT2D eigenvalue weighted by Crippen LogP contribution is 2.01. The van der Waals surface area contributed by atoms with Gasteiger partial charge >= 0.3 is 0 Å². The molecule has 1 heterocycles. The number of aromatic nitrogens is 1. The van der Waals surface area contributed by atoms with Crippen LogP contribution in [0.15, 0.2) is 6.07 Å². The van der Waals surface area contributed by atoms with Crippen molar-refractivity contribution in [2.75, 3.05) is 0 Å². The molecule has 1 radical (unpaired) electrons. The van der Waals surface area contributed by atoms with E-state index in [0.29, 0.717) is 5.69 Å². The molecule has 1 aromatic heterocycles. The van der Waals surface area contributed by atoms with Crippen molar-refractivity contribution in [3.05, 3.63) is 23.5 Å². The van der Waals surface area contributed by atoms with Gasteiger partial charge in [-0.1, -0.05) is 0 Å². The molecule has 45 valence electrons. The fourth-order valence-electron chi connectivity index (χ4n) is 0.565. The molecule has 0 unspecified atom stereocenters. The summed E-state index contributed by atoms with van der Waals surface area (Å²) in [6, 6.07) is 5.85. The molecule has 0 aromatic carbocycles. The van der Waals surface area contributed by atoms with Crippen LogP contribution < -0.4 is 0 Å². The van der Waals surface area contributed by atoms with E-state index in [2.05, 4.69) is 6.07 Å². The lowest BCUT2D eigenvalue weighted by Gasteiger charge is -1.93. The number of aryl methyl sites for hydroxylation is 1. The van der Waals surface area contributed by atoms with Crippen LogP contribution in [0.5, 0.6) is 0 Å². The van der Waals surface area contributed by atoms with Crippen LogP contribution in [0.3, 0.4) is 0 Å². The van der Waals surface area contributed by atoms with Gasteiger partial charge in [0, 0.05) is 22.8 Å². The van der Waals surface area contributed by atoms with Crippen molar-refractivity contribution < 1.29 is 4.11 Å². The van der Waals surface area contributed by atoms with E-state index in [1.165, 1.54) is 6.07 Å². The van der Waals surface area contributed by atoms with Gasteiger partial charge in [0.2, 0.25) is 0 Å². The van der Waals surface area contributed by atoms with Gasteiger partial charge in [-0.2, -0.15) is 5.26 Å². The Hall–Kier alpha value is -1.23. The molecule has 2 nitrogen and oxygen atoms in total. The first-order chi connectivity index (χ1) is 5.46. The Morgan fingerprint density at radius 3 is 3.22 bits per heavy atom. The quantitative estimate of drug-likeness (QED) is 0.504. The predicted molar refractivity (Wildman–Crippen MR) is 33.7 cm³/mol. The molecule has 0 saturated heterocycles. The second-order valence-corrected chi connectivity index (χ2v) is 1.71. The molecule has 0 aliphatic carbocycles. The zero-order valence-electron chi connectivity index (χ0n) is 7.97. The second-order valence-electron chi connectivity index (χ2n) is 1.71. The van der Waals surface area contributed by atoms with E-state index in [4.69, 9.17) is 9.37 Å². The second kappa shape index (κ2) is 1.94. The molecular formula is C7H7N2. The molecule has 9 heavy (non-hydrogen) atoms. The molecule has 0 fully saturated rings. The topological polar surface area (TPSA) is 28.7 Å². The third kappa shape index (κ3) is 0.812. The summed E-state index contributed by atoms with van der Waals surface area (Å²) in [5, 5.41) is 8.55. The average molecular weight is 122 g/mol. The van der Waals surface area contributed by atoms with E-state index < -0.39 is 6.98 Å². The average Bonchev–Trinajstić information content (AvgIpc) is 2.29. The summed E-state index contributed by atoms with van der Waals surface area (Å²) in [4.78, 5) is 0. The van der Waals surface area contributed by atoms with Crippen LogP contribution in [-0.4, -0.2) is 4.57 Å². The van der Waals surface area contributed by atoms with Gasteiger partial charge in [-0.15, -0.1) is 0 Å². The van der Waals surface area contributed by atoms with Gasteiger partial charge in [-0.25, -0.2) is 0 Å². The third-order valence-electron chi connectivity index (χ3n) is 1.11. The summed E-state index contributed by atoms with van der Waals surface area (Å²) in [5.74, 6) is 0. The molecule has 2 heteroatoms. The van der Waals surface area contributed by atoms with Crippen molar-refractivity contribution >= 4 is 0 Å². The number of hydrogen-bond donors (Lipinski definition) is 0. The fourth-order valence-corrected chi connectivity index (χ4v) is 0.565. The van der Waals surface area contributed by atoms with Crippen LogP contribution in [-0.2, 0) is 6.98 Å². The molecule has 0 amide bonds. The van der Waals surface area contributed by atoms with Crippen molar-refractivity contribution in [2.24, 2.45) is 6.98 Å². The maximum Gasteiger partial charge on any atom is 0.120 e. The Morgan fingerprint density at radius 1 is 2.00 bits per heavy atom. The number of hydrogen-bond acceptors (Lipinski definition) is 1. The Bertz CT molecular complexity index is 329. The van der Waals surface area contributed by atoms with Gasteiger partial charge < -0.3 is 4.57 Å². The SMILES string of the molecule is [2H]C([2H])([2H])n1c(C)[c]cc1C#N. The Labute approximate surface area is 58.6 Å². The van der Waals surface area contributed by atoms with Crippen molar-refractivity contribution in [3.8, 4) is 6.07 Å². The molecule has 0 aliphatic heterocycles. The molecule has 0 bridgehead atoms. The largest absolute Gasteiger partial charge is 0.339 e. The molecular weight excluding hydrogens is 112 g/mol. The van der Waals surface area contributed by atoms with Crippen molar-refractivity contribution in [1.29, 1.82) is 5.26 Å². The van der Waals surface area contributed by atoms with Crippen molar-refractivity contribution in [3.63, 3.8) is 0 Å². The van der Waals surface area contributed by atoms with E-state index in [1.54, 1.807) is 13.0 Å². The van der Waals surface area contributed by atoms with Crippen molar-refractivity contribution in [1.82, 2.24) is 4.57 Å². The smallest absolute Gasteiger partial charge is 0.120 e. The molecule has 0 aliphatic rings. The first-order valence-electron chi connectivity index (χ1n) is 3.97. The molecule has 1 rings (SSSR count). The van der Waals surface area contributed by atoms with Gasteiger partial charge in [0.25, 0.3) is 0 Å². The van der Waals surface area contributed by atoms with E-state index in [-0.39, 0.29) is 5.69 Å². The number of nitrogens with zero attached hydrogens (tertiary/aromatic N) is 2. The zero-order chi connectivity index (χ0) is 9.35. The molecule has 0 spiro atoms. The van der Waals surface area contributed by atoms with Crippen LogP contribution in [0.4, 0.5) is 0 Å². The highest BCUT2D eigenvalue weighted by Gasteiger charge is 1.96. The summed E-state index contributed by atoms with van der Waals surface area (Å²) < 4.78 is 22.3. The van der Waals surface area contributed by atoms with E-state index >= 15 is 0 Å². The summed E-state index contributed by atoms with van der Waals surface area (Å²) >= 11 is 0. The lowest BCUT2D eigenvalue weighted by molar-refractivity contribution is 0.865. The lowest BCUT2D eigenvalue weighted by atomic mass is 10.5. The van der Waals surface area contributed by atoms with Gasteiger partial charge in [-0.3, -0.25) is 0 Å². The van der Waals surface area contributed by atoms with Crippen LogP contribution in [0.1, 0.15) is 15.5 Å². The maximum absolute atomic E-state index is 8.55. The predicted octanol–water partition coefficient (Wildman–Crippen LogP) is 1.01. The normalized spacial score (nSPS) is 15.3. The lowest BCUT2D eigenvalue weighted by Crippen LogP contribution is -1.92. The fraction of sp³-hybridized carbons (Fsp3) is 0.286. The summed E-state index contributed by atoms with van der Waals surface area (Å²) in [6.07, 6.45) is 0. The molecule has 1 aromatic rings. The standard InChI is InChI=1S/C7H7N2/c1-6-3-4-7(5-8)9(6)2/h4H,1-2H3/i2D3. The van der Waals surface area contributed by atoms with Gasteiger partial charge in [0.1, 0.15) is 11.8 Å². The van der Waals surface area contributed by atoms with Gasteiger partial charge in [0.15, 0.2) is 0 Å². The first kappa shape index (κ1) is 3.07. The van der Waals surface area contributed by atoms with E-state index in [1.807, 2.05) is 0 Å². The minimum absolute atomic E-state index is 0.118. The zero-order valence-corrected chi connectivity index (χ0v) is 4.97. The minimum atomic E-state index is -2.28. The van der Waals surface area contributed by atoms with Crippen LogP contribution in [0.2, 0.25) is 0 Å². The van der Waals surface area contributed by atoms with Crippen LogP contribution in [0.25, 0.3) is 0 Å².